The van der Waals surface area contributed by atoms with E-state index in [4.69, 9.17) is 10.5 Å². The molecule has 1 aromatic heterocycles. The second-order valence-corrected chi connectivity index (χ2v) is 5.48. The van der Waals surface area contributed by atoms with Gasteiger partial charge in [-0.3, -0.25) is 4.90 Å². The van der Waals surface area contributed by atoms with Crippen LogP contribution in [-0.4, -0.2) is 37.0 Å². The molecule has 106 valence electrons. The van der Waals surface area contributed by atoms with Crippen molar-refractivity contribution in [3.8, 4) is 0 Å². The molecule has 2 heterocycles. The van der Waals surface area contributed by atoms with Gasteiger partial charge in [-0.1, -0.05) is 0 Å². The fourth-order valence-corrected chi connectivity index (χ4v) is 3.40. The van der Waals surface area contributed by atoms with Crippen LogP contribution in [0, 0.1) is 0 Å². The van der Waals surface area contributed by atoms with Crippen LogP contribution in [0.5, 0.6) is 0 Å². The molecule has 4 nitrogen and oxygen atoms in total. The molecular weight excluding hydrogens is 274 g/mol. The van der Waals surface area contributed by atoms with E-state index in [0.717, 1.165) is 10.4 Å². The van der Waals surface area contributed by atoms with Crippen LogP contribution in [0.3, 0.4) is 0 Å². The third-order valence-corrected chi connectivity index (χ3v) is 4.08. The molecule has 2 rings (SSSR count). The number of carbonyl (C=O) groups excluding carboxylic acids is 1. The van der Waals surface area contributed by atoms with E-state index in [1.807, 2.05) is 0 Å². The van der Waals surface area contributed by atoms with Crippen molar-refractivity contribution in [2.45, 2.75) is 26.3 Å². The number of nitrogens with two attached hydrogens (primary N) is 1. The van der Waals surface area contributed by atoms with Crippen molar-refractivity contribution in [3.05, 3.63) is 16.0 Å². The first kappa shape index (κ1) is 14.2. The highest BCUT2D eigenvalue weighted by atomic mass is 32.1. The van der Waals surface area contributed by atoms with Gasteiger partial charge in [0.25, 0.3) is 6.43 Å². The quantitative estimate of drug-likeness (QED) is 0.863. The number of nitrogens with zero attached hydrogens (tertiary/aromatic N) is 1. The molecule has 1 aliphatic rings. The molecule has 7 heteroatoms. The SMILES string of the molecule is CCOC(=O)c1c(N)sc2c1CCN(CC(F)F)C2. The van der Waals surface area contributed by atoms with Gasteiger partial charge in [0.05, 0.1) is 18.7 Å². The Labute approximate surface area is 114 Å². The standard InChI is InChI=1S/C12H16F2N2O2S/c1-2-18-12(17)10-7-3-4-16(6-9(13)14)5-8(7)19-11(10)15/h9H,2-6,15H2,1H3. The largest absolute Gasteiger partial charge is 0.462 e. The average Bonchev–Trinajstić information content (AvgIpc) is 2.63. The average molecular weight is 290 g/mol. The molecule has 0 unspecified atom stereocenters. The van der Waals surface area contributed by atoms with Gasteiger partial charge in [0.2, 0.25) is 0 Å². The molecule has 2 N–H and O–H groups in total. The lowest BCUT2D eigenvalue weighted by atomic mass is 10.0. The van der Waals surface area contributed by atoms with Gasteiger partial charge < -0.3 is 10.5 Å². The Bertz CT molecular complexity index is 477. The maximum Gasteiger partial charge on any atom is 0.341 e. The van der Waals surface area contributed by atoms with E-state index in [9.17, 15) is 13.6 Å². The van der Waals surface area contributed by atoms with Crippen molar-refractivity contribution in [1.82, 2.24) is 4.90 Å². The lowest BCUT2D eigenvalue weighted by Crippen LogP contribution is -2.34. The first-order chi connectivity index (χ1) is 9.02. The summed E-state index contributed by atoms with van der Waals surface area (Å²) in [5, 5.41) is 0.419. The summed E-state index contributed by atoms with van der Waals surface area (Å²) in [5.41, 5.74) is 7.15. The normalized spacial score (nSPS) is 15.6. The Balaban J connectivity index is 2.20. The Hall–Kier alpha value is -1.21. The Morgan fingerprint density at radius 2 is 2.32 bits per heavy atom. The molecule has 1 aromatic rings. The first-order valence-corrected chi connectivity index (χ1v) is 6.92. The molecule has 0 bridgehead atoms. The van der Waals surface area contributed by atoms with E-state index in [1.54, 1.807) is 11.8 Å². The maximum absolute atomic E-state index is 12.4. The highest BCUT2D eigenvalue weighted by molar-refractivity contribution is 7.16. The topological polar surface area (TPSA) is 55.6 Å². The molecule has 0 amide bonds. The van der Waals surface area contributed by atoms with Gasteiger partial charge in [-0.2, -0.15) is 0 Å². The Morgan fingerprint density at radius 1 is 1.58 bits per heavy atom. The minimum Gasteiger partial charge on any atom is -0.462 e. The molecule has 0 aromatic carbocycles. The number of ether oxygens (including phenoxy) is 1. The van der Waals surface area contributed by atoms with Gasteiger partial charge in [-0.25, -0.2) is 13.6 Å². The van der Waals surface area contributed by atoms with Gasteiger partial charge in [-0.05, 0) is 18.9 Å². The van der Waals surface area contributed by atoms with Crippen LogP contribution >= 0.6 is 11.3 Å². The smallest absolute Gasteiger partial charge is 0.341 e. The number of alkyl halides is 2. The van der Waals surface area contributed by atoms with Crippen LogP contribution in [0.2, 0.25) is 0 Å². The lowest BCUT2D eigenvalue weighted by molar-refractivity contribution is 0.0523. The number of carbonyl (C=O) groups is 1. The number of nitrogen functional groups attached to an aromatic ring is 1. The maximum atomic E-state index is 12.4. The summed E-state index contributed by atoms with van der Waals surface area (Å²) in [6.45, 7) is 2.72. The summed E-state index contributed by atoms with van der Waals surface area (Å²) in [4.78, 5) is 14.4. The highest BCUT2D eigenvalue weighted by Crippen LogP contribution is 2.35. The zero-order valence-corrected chi connectivity index (χ0v) is 11.4. The summed E-state index contributed by atoms with van der Waals surface area (Å²) in [7, 11) is 0. The number of thiophene rings is 1. The van der Waals surface area contributed by atoms with Crippen molar-refractivity contribution in [3.63, 3.8) is 0 Å². The minimum absolute atomic E-state index is 0.244. The predicted molar refractivity (Wildman–Crippen MR) is 69.7 cm³/mol. The van der Waals surface area contributed by atoms with Crippen LogP contribution < -0.4 is 5.73 Å². The monoisotopic (exact) mass is 290 g/mol. The summed E-state index contributed by atoms with van der Waals surface area (Å²) < 4.78 is 29.7. The van der Waals surface area contributed by atoms with Gasteiger partial charge in [0.1, 0.15) is 5.00 Å². The molecule has 0 saturated carbocycles. The van der Waals surface area contributed by atoms with Crippen LogP contribution in [0.25, 0.3) is 0 Å². The summed E-state index contributed by atoms with van der Waals surface area (Å²) >= 11 is 1.29. The molecule has 0 aliphatic carbocycles. The fourth-order valence-electron chi connectivity index (χ4n) is 2.26. The number of fused-ring (bicyclic) bond motifs is 1. The minimum atomic E-state index is -2.34. The molecule has 1 aliphatic heterocycles. The Morgan fingerprint density at radius 3 is 2.95 bits per heavy atom. The lowest BCUT2D eigenvalue weighted by Gasteiger charge is -2.26. The zero-order chi connectivity index (χ0) is 14.0. The number of hydrogen-bond donors (Lipinski definition) is 1. The van der Waals surface area contributed by atoms with Gasteiger partial charge in [0.15, 0.2) is 0 Å². The van der Waals surface area contributed by atoms with Crippen LogP contribution in [0.1, 0.15) is 27.7 Å². The zero-order valence-electron chi connectivity index (χ0n) is 10.6. The summed E-state index contributed by atoms with van der Waals surface area (Å²) in [6, 6.07) is 0. The second kappa shape index (κ2) is 5.83. The third kappa shape index (κ3) is 3.03. The van der Waals surface area contributed by atoms with Crippen molar-refractivity contribution < 1.29 is 18.3 Å². The number of anilines is 1. The molecule has 0 spiro atoms. The van der Waals surface area contributed by atoms with E-state index in [-0.39, 0.29) is 6.54 Å². The fraction of sp³-hybridized carbons (Fsp3) is 0.583. The molecule has 0 radical (unpaired) electrons. The first-order valence-electron chi connectivity index (χ1n) is 6.10. The third-order valence-electron chi connectivity index (χ3n) is 3.04. The van der Waals surface area contributed by atoms with Crippen LogP contribution in [-0.2, 0) is 17.7 Å². The highest BCUT2D eigenvalue weighted by Gasteiger charge is 2.28. The predicted octanol–water partition coefficient (Wildman–Crippen LogP) is 2.13. The van der Waals surface area contributed by atoms with E-state index in [1.165, 1.54) is 11.3 Å². The number of halogens is 2. The number of esters is 1. The summed E-state index contributed by atoms with van der Waals surface area (Å²) in [5.74, 6) is -0.417. The van der Waals surface area contributed by atoms with E-state index in [2.05, 4.69) is 0 Å². The van der Waals surface area contributed by atoms with Crippen LogP contribution in [0.15, 0.2) is 0 Å². The molecule has 0 atom stereocenters. The van der Waals surface area contributed by atoms with Crippen molar-refractivity contribution in [2.75, 3.05) is 25.4 Å². The molecular formula is C12H16F2N2O2S. The van der Waals surface area contributed by atoms with Crippen LogP contribution in [0.4, 0.5) is 13.8 Å². The molecule has 0 saturated heterocycles. The van der Waals surface area contributed by atoms with Gasteiger partial charge in [0, 0.05) is 18.0 Å². The van der Waals surface area contributed by atoms with Crippen molar-refractivity contribution in [2.24, 2.45) is 0 Å². The molecule has 0 fully saturated rings. The number of rotatable bonds is 4. The van der Waals surface area contributed by atoms with Gasteiger partial charge in [-0.15, -0.1) is 11.3 Å². The van der Waals surface area contributed by atoms with E-state index < -0.39 is 12.4 Å². The van der Waals surface area contributed by atoms with E-state index in [0.29, 0.717) is 36.7 Å². The number of hydrogen-bond acceptors (Lipinski definition) is 5. The molecule has 19 heavy (non-hydrogen) atoms. The van der Waals surface area contributed by atoms with Gasteiger partial charge >= 0.3 is 5.97 Å². The van der Waals surface area contributed by atoms with E-state index >= 15 is 0 Å². The Kier molecular flexibility index (Phi) is 4.36. The van der Waals surface area contributed by atoms with Crippen molar-refractivity contribution in [1.29, 1.82) is 0 Å². The summed E-state index contributed by atoms with van der Waals surface area (Å²) in [6.07, 6.45) is -1.78. The van der Waals surface area contributed by atoms with Crippen molar-refractivity contribution >= 4 is 22.3 Å². The second-order valence-electron chi connectivity index (χ2n) is 4.34.